The van der Waals surface area contributed by atoms with Gasteiger partial charge in [0.15, 0.2) is 0 Å². The first kappa shape index (κ1) is 31.1. The second-order valence-corrected chi connectivity index (χ2v) is 12.0. The summed E-state index contributed by atoms with van der Waals surface area (Å²) in [6.07, 6.45) is 5.97. The van der Waals surface area contributed by atoms with Crippen LogP contribution >= 0.6 is 0 Å². The van der Waals surface area contributed by atoms with Gasteiger partial charge in [-0.2, -0.15) is 23.4 Å². The third-order valence-corrected chi connectivity index (χ3v) is 8.88. The number of amides is 1. The number of hydrogen-bond donors (Lipinski definition) is 1. The van der Waals surface area contributed by atoms with Crippen molar-refractivity contribution in [3.63, 3.8) is 0 Å². The standard InChI is InChI=1S/C32H32F4N8O2/c1-18-6-5-7-25(22-12-20(10-11-37-22)29-24(41-30(18)46)15-39-42(29)4)43-17-38-23(13-27(43)45)28-26(9-8-19(2)31(28,3)33)44-16-21(14-40-44)32(34,35)36/h8-19,25H,5-7H2,1-4H3,(H,41,46)/t18?,19?,25-,31?/m0/s1. The van der Waals surface area contributed by atoms with E-state index in [1.807, 2.05) is 13.0 Å². The Morgan fingerprint density at radius 3 is 2.57 bits per heavy atom. The highest BCUT2D eigenvalue weighted by molar-refractivity contribution is 5.96. The largest absolute Gasteiger partial charge is 0.419 e. The van der Waals surface area contributed by atoms with E-state index in [0.29, 0.717) is 42.5 Å². The Balaban J connectivity index is 1.46. The van der Waals surface area contributed by atoms with Crippen molar-refractivity contribution in [3.8, 4) is 11.3 Å². The van der Waals surface area contributed by atoms with Crippen LogP contribution in [0, 0.1) is 11.8 Å². The first-order valence-corrected chi connectivity index (χ1v) is 14.9. The van der Waals surface area contributed by atoms with Crippen LogP contribution in [0.1, 0.15) is 63.0 Å². The normalized spacial score (nSPS) is 23.8. The van der Waals surface area contributed by atoms with Gasteiger partial charge in [-0.05, 0) is 38.0 Å². The van der Waals surface area contributed by atoms with Crippen LogP contribution in [-0.2, 0) is 18.0 Å². The van der Waals surface area contributed by atoms with Gasteiger partial charge in [-0.25, -0.2) is 14.1 Å². The molecule has 5 heterocycles. The number of anilines is 1. The highest BCUT2D eigenvalue weighted by Crippen LogP contribution is 2.44. The van der Waals surface area contributed by atoms with E-state index in [-0.39, 0.29) is 28.8 Å². The van der Waals surface area contributed by atoms with E-state index in [2.05, 4.69) is 25.5 Å². The Kier molecular flexibility index (Phi) is 7.77. The number of nitrogens with one attached hydrogen (secondary N) is 1. The molecule has 14 heteroatoms. The third kappa shape index (κ3) is 5.56. The minimum absolute atomic E-state index is 0.0128. The minimum atomic E-state index is -4.64. The van der Waals surface area contributed by atoms with Crippen molar-refractivity contribution in [1.29, 1.82) is 0 Å². The van der Waals surface area contributed by atoms with Gasteiger partial charge in [-0.1, -0.05) is 26.3 Å². The fourth-order valence-corrected chi connectivity index (χ4v) is 6.02. The molecule has 3 unspecified atom stereocenters. The van der Waals surface area contributed by atoms with E-state index in [4.69, 9.17) is 0 Å². The van der Waals surface area contributed by atoms with Gasteiger partial charge in [-0.15, -0.1) is 0 Å². The molecule has 2 aliphatic rings. The number of pyridine rings is 1. The summed E-state index contributed by atoms with van der Waals surface area (Å²) >= 11 is 0. The molecule has 6 rings (SSSR count). The van der Waals surface area contributed by atoms with Crippen LogP contribution in [-0.4, -0.2) is 45.7 Å². The summed E-state index contributed by atoms with van der Waals surface area (Å²) in [7, 11) is 1.76. The molecule has 4 atom stereocenters. The van der Waals surface area contributed by atoms with Gasteiger partial charge >= 0.3 is 6.18 Å². The van der Waals surface area contributed by atoms with E-state index in [1.165, 1.54) is 30.0 Å². The van der Waals surface area contributed by atoms with E-state index < -0.39 is 34.9 Å². The Bertz CT molecular complexity index is 1930. The van der Waals surface area contributed by atoms with Crippen LogP contribution in [0.25, 0.3) is 22.5 Å². The highest BCUT2D eigenvalue weighted by atomic mass is 19.4. The van der Waals surface area contributed by atoms with Crippen molar-refractivity contribution >= 4 is 22.9 Å². The van der Waals surface area contributed by atoms with E-state index >= 15 is 4.39 Å². The van der Waals surface area contributed by atoms with Crippen LogP contribution in [0.5, 0.6) is 0 Å². The third-order valence-electron chi connectivity index (χ3n) is 8.88. The molecule has 46 heavy (non-hydrogen) atoms. The second kappa shape index (κ2) is 11.5. The Labute approximate surface area is 261 Å². The zero-order chi connectivity index (χ0) is 33.0. The highest BCUT2D eigenvalue weighted by Gasteiger charge is 2.41. The Morgan fingerprint density at radius 2 is 1.85 bits per heavy atom. The van der Waals surface area contributed by atoms with Crippen LogP contribution in [0.2, 0.25) is 0 Å². The molecular formula is C32H32F4N8O2. The maximum Gasteiger partial charge on any atom is 0.419 e. The molecule has 2 bridgehead atoms. The average molecular weight is 637 g/mol. The lowest BCUT2D eigenvalue weighted by molar-refractivity contribution is -0.137. The minimum Gasteiger partial charge on any atom is -0.323 e. The van der Waals surface area contributed by atoms with Crippen molar-refractivity contribution in [1.82, 2.24) is 34.1 Å². The summed E-state index contributed by atoms with van der Waals surface area (Å²) in [5, 5.41) is 11.1. The number of hydrogen-bond acceptors (Lipinski definition) is 6. The van der Waals surface area contributed by atoms with Crippen LogP contribution in [0.3, 0.4) is 0 Å². The number of carbonyl (C=O) groups is 1. The number of allylic oxidation sites excluding steroid dienone is 4. The summed E-state index contributed by atoms with van der Waals surface area (Å²) in [5.41, 5.74) is -1.03. The number of nitrogens with zero attached hydrogens (tertiary/aromatic N) is 7. The molecule has 0 radical (unpaired) electrons. The van der Waals surface area contributed by atoms with Gasteiger partial charge in [0.25, 0.3) is 5.56 Å². The van der Waals surface area contributed by atoms with Gasteiger partial charge in [0.1, 0.15) is 5.67 Å². The van der Waals surface area contributed by atoms with E-state index in [1.54, 1.807) is 43.2 Å². The first-order chi connectivity index (χ1) is 21.8. The van der Waals surface area contributed by atoms with Crippen LogP contribution < -0.4 is 10.9 Å². The zero-order valence-corrected chi connectivity index (χ0v) is 25.6. The van der Waals surface area contributed by atoms with Gasteiger partial charge in [0.2, 0.25) is 5.91 Å². The van der Waals surface area contributed by atoms with Crippen LogP contribution in [0.15, 0.2) is 66.3 Å². The lowest BCUT2D eigenvalue weighted by Crippen LogP contribution is -2.34. The number of aromatic nitrogens is 7. The predicted octanol–water partition coefficient (Wildman–Crippen LogP) is 5.90. The Morgan fingerprint density at radius 1 is 1.07 bits per heavy atom. The smallest absolute Gasteiger partial charge is 0.323 e. The van der Waals surface area contributed by atoms with Gasteiger partial charge in [0.05, 0.1) is 58.8 Å². The predicted molar refractivity (Wildman–Crippen MR) is 163 cm³/mol. The fourth-order valence-electron chi connectivity index (χ4n) is 6.02. The molecule has 4 aromatic rings. The maximum absolute atomic E-state index is 16.4. The molecule has 1 N–H and O–H groups in total. The lowest BCUT2D eigenvalue weighted by atomic mass is 9.79. The molecule has 0 saturated heterocycles. The van der Waals surface area contributed by atoms with E-state index in [0.717, 1.165) is 16.4 Å². The summed E-state index contributed by atoms with van der Waals surface area (Å²) in [4.78, 5) is 35.9. The van der Waals surface area contributed by atoms with Crippen molar-refractivity contribution in [2.75, 3.05) is 5.32 Å². The monoisotopic (exact) mass is 636 g/mol. The van der Waals surface area contributed by atoms with Crippen molar-refractivity contribution in [3.05, 3.63) is 88.8 Å². The summed E-state index contributed by atoms with van der Waals surface area (Å²) < 4.78 is 60.5. The number of aryl methyl sites for hydroxylation is 1. The summed E-state index contributed by atoms with van der Waals surface area (Å²) in [6.45, 7) is 4.78. The lowest BCUT2D eigenvalue weighted by Gasteiger charge is -2.33. The Hall–Kier alpha value is -4.88. The van der Waals surface area contributed by atoms with Crippen molar-refractivity contribution in [2.24, 2.45) is 18.9 Å². The summed E-state index contributed by atoms with van der Waals surface area (Å²) in [6, 6.07) is 4.25. The molecule has 0 fully saturated rings. The molecule has 0 aromatic carbocycles. The van der Waals surface area contributed by atoms with E-state index in [9.17, 15) is 22.8 Å². The van der Waals surface area contributed by atoms with Crippen LogP contribution in [0.4, 0.5) is 23.2 Å². The molecule has 1 aliphatic carbocycles. The topological polar surface area (TPSA) is 113 Å². The molecule has 240 valence electrons. The quantitative estimate of drug-likeness (QED) is 0.280. The molecule has 1 aliphatic heterocycles. The molecule has 4 aromatic heterocycles. The molecule has 10 nitrogen and oxygen atoms in total. The second-order valence-electron chi connectivity index (χ2n) is 12.0. The van der Waals surface area contributed by atoms with Gasteiger partial charge < -0.3 is 5.32 Å². The number of carbonyl (C=O) groups excluding carboxylic acids is 1. The number of fused-ring (bicyclic) bond motifs is 4. The van der Waals surface area contributed by atoms with Gasteiger partial charge in [0, 0.05) is 48.5 Å². The average Bonchev–Trinajstić information content (AvgIpc) is 3.64. The number of halogens is 4. The number of alkyl halides is 4. The van der Waals surface area contributed by atoms with Gasteiger partial charge in [-0.3, -0.25) is 23.8 Å². The number of rotatable bonds is 3. The van der Waals surface area contributed by atoms with Crippen molar-refractivity contribution < 1.29 is 22.4 Å². The molecule has 0 spiro atoms. The molecule has 0 saturated carbocycles. The maximum atomic E-state index is 16.4. The summed E-state index contributed by atoms with van der Waals surface area (Å²) in [5.74, 6) is -1.12. The zero-order valence-electron chi connectivity index (χ0n) is 25.6. The first-order valence-electron chi connectivity index (χ1n) is 14.9. The fraction of sp³-hybridized carbons (Fsp3) is 0.375. The molecule has 1 amide bonds. The van der Waals surface area contributed by atoms with Crippen molar-refractivity contribution in [2.45, 2.75) is 57.9 Å². The SMILES string of the molecule is CC1CCC[C@H](n2cnc(C3=C(n4cc(C(F)(F)F)cn4)C=CC(C)C3(C)F)cc2=O)c2cc(ccn2)-c2c(cnn2C)NC1=O. The molecular weight excluding hydrogens is 604 g/mol.